The molecule has 254 valence electrons. The number of rotatable bonds is 7. The average molecular weight is 715 g/mol. The molecular weight excluding hydrogens is 678 g/mol. The third-order valence-corrected chi connectivity index (χ3v) is 15.2. The molecule has 8 rings (SSSR count). The smallest absolute Gasteiger partial charge is 0.123 e. The van der Waals surface area contributed by atoms with Crippen LogP contribution >= 0.6 is 15.8 Å². The maximum absolute atomic E-state index is 14.4. The van der Waals surface area contributed by atoms with Crippen LogP contribution in [0.2, 0.25) is 0 Å². The number of aryl methyl sites for hydroxylation is 1. The Hall–Kier alpha value is -4.36. The fraction of sp³-hybridized carbons (Fsp3) is 0.156. The Morgan fingerprint density at radius 1 is 0.588 bits per heavy atom. The number of benzene rings is 5. The molecule has 5 aromatic rings. The van der Waals surface area contributed by atoms with E-state index in [-0.39, 0.29) is 35.1 Å². The molecule has 51 heavy (non-hydrogen) atoms. The predicted molar refractivity (Wildman–Crippen MR) is 207 cm³/mol. The Labute approximate surface area is 299 Å². The molecule has 3 aliphatic carbocycles. The molecule has 0 aliphatic heterocycles. The van der Waals surface area contributed by atoms with Gasteiger partial charge in [0.1, 0.15) is 23.3 Å². The van der Waals surface area contributed by atoms with Gasteiger partial charge in [0.2, 0.25) is 0 Å². The maximum Gasteiger partial charge on any atom is 0.123 e. The van der Waals surface area contributed by atoms with E-state index in [0.29, 0.717) is 0 Å². The van der Waals surface area contributed by atoms with E-state index >= 15 is 0 Å². The summed E-state index contributed by atoms with van der Waals surface area (Å²) >= 11 is 0. The molecule has 2 unspecified atom stereocenters. The molecule has 0 aromatic heterocycles. The normalized spacial score (nSPS) is 18.2. The highest BCUT2D eigenvalue weighted by Crippen LogP contribution is 2.57. The van der Waals surface area contributed by atoms with E-state index in [1.165, 1.54) is 76.4 Å². The fourth-order valence-electron chi connectivity index (χ4n) is 7.86. The Morgan fingerprint density at radius 3 is 1.63 bits per heavy atom. The zero-order chi connectivity index (χ0) is 35.1. The first-order chi connectivity index (χ1) is 24.9. The van der Waals surface area contributed by atoms with Gasteiger partial charge in [-0.3, -0.25) is 0 Å². The van der Waals surface area contributed by atoms with Gasteiger partial charge in [-0.15, -0.1) is 0 Å². The summed E-state index contributed by atoms with van der Waals surface area (Å²) in [5, 5.41) is 6.22. The first-order valence-electron chi connectivity index (χ1n) is 17.4. The highest BCUT2D eigenvalue weighted by Gasteiger charge is 2.36. The molecule has 0 nitrogen and oxygen atoms in total. The first-order valence-corrected chi connectivity index (χ1v) is 20.1. The van der Waals surface area contributed by atoms with Crippen LogP contribution in [0.4, 0.5) is 17.6 Å². The predicted octanol–water partition coefficient (Wildman–Crippen LogP) is 10.4. The summed E-state index contributed by atoms with van der Waals surface area (Å²) in [5.41, 5.74) is 6.26. The second-order valence-electron chi connectivity index (χ2n) is 13.4. The van der Waals surface area contributed by atoms with Crippen molar-refractivity contribution in [1.29, 1.82) is 0 Å². The molecule has 0 spiro atoms. The molecule has 0 fully saturated rings. The molecule has 3 aliphatic rings. The van der Waals surface area contributed by atoms with Gasteiger partial charge in [0, 0.05) is 5.92 Å². The van der Waals surface area contributed by atoms with Crippen molar-refractivity contribution in [2.75, 3.05) is 0 Å². The van der Waals surface area contributed by atoms with E-state index in [4.69, 9.17) is 0 Å². The second-order valence-corrected chi connectivity index (χ2v) is 17.8. The van der Waals surface area contributed by atoms with Crippen LogP contribution in [-0.2, 0) is 6.42 Å². The molecule has 0 heterocycles. The summed E-state index contributed by atoms with van der Waals surface area (Å²) < 4.78 is 57.7. The highest BCUT2D eigenvalue weighted by atomic mass is 31.1. The third kappa shape index (κ3) is 6.61. The van der Waals surface area contributed by atoms with Crippen molar-refractivity contribution in [2.45, 2.75) is 38.5 Å². The Kier molecular flexibility index (Phi) is 9.49. The van der Waals surface area contributed by atoms with Gasteiger partial charge in [-0.25, -0.2) is 17.6 Å². The minimum Gasteiger partial charge on any atom is -0.207 e. The molecular formula is C45H36F4P2. The lowest BCUT2D eigenvalue weighted by Crippen LogP contribution is -2.28. The van der Waals surface area contributed by atoms with Gasteiger partial charge < -0.3 is 0 Å². The molecule has 0 saturated heterocycles. The molecule has 0 amide bonds. The van der Waals surface area contributed by atoms with E-state index in [1.807, 2.05) is 48.5 Å². The van der Waals surface area contributed by atoms with Crippen LogP contribution in [0.1, 0.15) is 48.8 Å². The lowest BCUT2D eigenvalue weighted by atomic mass is 9.75. The van der Waals surface area contributed by atoms with E-state index in [0.717, 1.165) is 57.5 Å². The average Bonchev–Trinajstić information content (AvgIpc) is 3.15. The van der Waals surface area contributed by atoms with Gasteiger partial charge in [0.25, 0.3) is 0 Å². The SMILES string of the molecule is CC1CCCc2ccc(P(c3ccc(F)cc3)c3ccc(F)cc3)c(C3=C4C=CC=CC4CC=C3P(c3ccc(F)cc3)c3ccc(F)cc3)c21. The van der Waals surface area contributed by atoms with Crippen LogP contribution in [-0.4, -0.2) is 0 Å². The summed E-state index contributed by atoms with van der Waals surface area (Å²) in [6, 6.07) is 31.5. The minimum absolute atomic E-state index is 0.164. The molecule has 2 atom stereocenters. The molecule has 0 N–H and O–H groups in total. The van der Waals surface area contributed by atoms with Crippen LogP contribution in [0.3, 0.4) is 0 Å². The monoisotopic (exact) mass is 714 g/mol. The summed E-state index contributed by atoms with van der Waals surface area (Å²) in [5.74, 6) is -0.773. The number of hydrogen-bond donors (Lipinski definition) is 0. The summed E-state index contributed by atoms with van der Waals surface area (Å²) in [6.45, 7) is 2.32. The topological polar surface area (TPSA) is 0 Å². The van der Waals surface area contributed by atoms with Crippen molar-refractivity contribution in [1.82, 2.24) is 0 Å². The van der Waals surface area contributed by atoms with E-state index in [9.17, 15) is 17.6 Å². The van der Waals surface area contributed by atoms with Crippen LogP contribution in [0.15, 0.2) is 150 Å². The van der Waals surface area contributed by atoms with Gasteiger partial charge in [-0.2, -0.15) is 0 Å². The molecule has 5 aromatic carbocycles. The number of allylic oxidation sites excluding steroid dienone is 8. The van der Waals surface area contributed by atoms with Crippen molar-refractivity contribution < 1.29 is 17.6 Å². The first kappa shape index (κ1) is 33.8. The van der Waals surface area contributed by atoms with Gasteiger partial charge >= 0.3 is 0 Å². The van der Waals surface area contributed by atoms with Crippen LogP contribution < -0.4 is 26.5 Å². The van der Waals surface area contributed by atoms with Gasteiger partial charge in [0.05, 0.1) is 0 Å². The zero-order valence-electron chi connectivity index (χ0n) is 28.2. The fourth-order valence-corrected chi connectivity index (χ4v) is 12.8. The summed E-state index contributed by atoms with van der Waals surface area (Å²) in [6.07, 6.45) is 15.0. The minimum atomic E-state index is -1.26. The van der Waals surface area contributed by atoms with Crippen LogP contribution in [0, 0.1) is 29.2 Å². The molecule has 0 radical (unpaired) electrons. The lowest BCUT2D eigenvalue weighted by molar-refractivity contribution is 0.589. The van der Waals surface area contributed by atoms with Crippen LogP contribution in [0.5, 0.6) is 0 Å². The standard InChI is InChI=1S/C45H36F4P2/c1-29-5-4-7-31-10-28-42(51(38-23-15-34(48)16-24-38)39-25-17-35(49)18-26-39)45(43(29)31)44-40-8-3-2-6-30(40)9-27-41(44)50(36-19-11-32(46)12-20-36)37-21-13-33(47)14-22-37/h2-3,6,8,10-30H,4-5,7,9H2,1H3. The zero-order valence-corrected chi connectivity index (χ0v) is 30.0. The maximum atomic E-state index is 14.4. The van der Waals surface area contributed by atoms with Gasteiger partial charge in [-0.1, -0.05) is 98.0 Å². The lowest BCUT2D eigenvalue weighted by Gasteiger charge is -2.37. The van der Waals surface area contributed by atoms with E-state index in [1.54, 1.807) is 0 Å². The molecule has 0 saturated carbocycles. The quantitative estimate of drug-likeness (QED) is 0.116. The van der Waals surface area contributed by atoms with Crippen molar-refractivity contribution in [3.05, 3.63) is 190 Å². The Balaban J connectivity index is 1.46. The Morgan fingerprint density at radius 2 is 1.10 bits per heavy atom. The summed E-state index contributed by atoms with van der Waals surface area (Å²) in [7, 11) is -2.50. The number of hydrogen-bond acceptors (Lipinski definition) is 0. The van der Waals surface area contributed by atoms with Gasteiger partial charge in [-0.05, 0) is 156 Å². The highest BCUT2D eigenvalue weighted by molar-refractivity contribution is 7.80. The van der Waals surface area contributed by atoms with Crippen LogP contribution in [0.25, 0.3) is 5.57 Å². The van der Waals surface area contributed by atoms with E-state index < -0.39 is 15.8 Å². The van der Waals surface area contributed by atoms with Crippen molar-refractivity contribution in [3.8, 4) is 0 Å². The largest absolute Gasteiger partial charge is 0.207 e. The van der Waals surface area contributed by atoms with Gasteiger partial charge in [0.15, 0.2) is 0 Å². The van der Waals surface area contributed by atoms with Crippen molar-refractivity contribution in [3.63, 3.8) is 0 Å². The second kappa shape index (κ2) is 14.3. The van der Waals surface area contributed by atoms with E-state index in [2.05, 4.69) is 49.4 Å². The summed E-state index contributed by atoms with van der Waals surface area (Å²) in [4.78, 5) is 0. The van der Waals surface area contributed by atoms with Crippen molar-refractivity contribution >= 4 is 47.9 Å². The number of fused-ring (bicyclic) bond motifs is 2. The van der Waals surface area contributed by atoms with Crippen molar-refractivity contribution in [2.24, 2.45) is 5.92 Å². The Bertz CT molecular complexity index is 2100. The molecule has 0 bridgehead atoms. The molecule has 6 heteroatoms. The number of halogens is 4. The third-order valence-electron chi connectivity index (χ3n) is 10.2.